The number of anilines is 1. The Labute approximate surface area is 156 Å². The molecule has 2 heterocycles. The Kier molecular flexibility index (Phi) is 4.35. The number of fused-ring (bicyclic) bond motifs is 2. The minimum Gasteiger partial charge on any atom is -0.482 e. The van der Waals surface area contributed by atoms with E-state index in [-0.39, 0.29) is 25.2 Å². The van der Waals surface area contributed by atoms with Crippen molar-refractivity contribution in [2.45, 2.75) is 26.4 Å². The van der Waals surface area contributed by atoms with Crippen LogP contribution in [0, 0.1) is 6.92 Å². The van der Waals surface area contributed by atoms with E-state index >= 15 is 0 Å². The van der Waals surface area contributed by atoms with Crippen molar-refractivity contribution in [2.75, 3.05) is 18.3 Å². The Balaban J connectivity index is 1.48. The summed E-state index contributed by atoms with van der Waals surface area (Å²) in [4.78, 5) is 26.6. The van der Waals surface area contributed by atoms with Crippen LogP contribution < -0.4 is 24.4 Å². The van der Waals surface area contributed by atoms with Gasteiger partial charge >= 0.3 is 0 Å². The maximum absolute atomic E-state index is 12.7. The number of aryl methyl sites for hydroxylation is 1. The van der Waals surface area contributed by atoms with Gasteiger partial charge in [-0.3, -0.25) is 14.5 Å². The second-order valence-electron chi connectivity index (χ2n) is 6.60. The third-order valence-corrected chi connectivity index (χ3v) is 4.66. The summed E-state index contributed by atoms with van der Waals surface area (Å²) < 4.78 is 16.1. The zero-order valence-corrected chi connectivity index (χ0v) is 15.2. The Morgan fingerprint density at radius 3 is 2.74 bits per heavy atom. The maximum atomic E-state index is 12.7. The first-order valence-electron chi connectivity index (χ1n) is 8.74. The topological polar surface area (TPSA) is 77.1 Å². The van der Waals surface area contributed by atoms with Gasteiger partial charge in [-0.05, 0) is 49.2 Å². The predicted molar refractivity (Wildman–Crippen MR) is 98.0 cm³/mol. The fourth-order valence-corrected chi connectivity index (χ4v) is 3.21. The number of ether oxygens (including phenoxy) is 3. The van der Waals surface area contributed by atoms with Crippen molar-refractivity contribution in [1.82, 2.24) is 5.32 Å². The standard InChI is InChI=1S/C20H20N2O5/c1-12-3-5-16-15(7-12)22(19(23)10-25-16)13(2)20(24)21-9-14-4-6-17-18(8-14)27-11-26-17/h3-8,13H,9-11H2,1-2H3,(H,21,24)/t13-/m1/s1. The van der Waals surface area contributed by atoms with Crippen LogP contribution in [0.1, 0.15) is 18.1 Å². The molecule has 0 saturated heterocycles. The molecule has 0 aliphatic carbocycles. The normalized spacial score (nSPS) is 15.8. The Morgan fingerprint density at radius 1 is 1.11 bits per heavy atom. The third kappa shape index (κ3) is 3.28. The van der Waals surface area contributed by atoms with Gasteiger partial charge in [0.25, 0.3) is 5.91 Å². The van der Waals surface area contributed by atoms with Crippen molar-refractivity contribution in [1.29, 1.82) is 0 Å². The van der Waals surface area contributed by atoms with Crippen molar-refractivity contribution in [3.63, 3.8) is 0 Å². The summed E-state index contributed by atoms with van der Waals surface area (Å²) in [5, 5.41) is 2.88. The molecule has 4 rings (SSSR count). The average molecular weight is 368 g/mol. The van der Waals surface area contributed by atoms with Crippen LogP contribution in [-0.2, 0) is 16.1 Å². The van der Waals surface area contributed by atoms with E-state index in [9.17, 15) is 9.59 Å². The van der Waals surface area contributed by atoms with E-state index in [1.54, 1.807) is 6.92 Å². The minimum atomic E-state index is -0.657. The molecule has 0 bridgehead atoms. The molecule has 1 atom stereocenters. The fourth-order valence-electron chi connectivity index (χ4n) is 3.21. The van der Waals surface area contributed by atoms with Crippen molar-refractivity contribution in [3.05, 3.63) is 47.5 Å². The van der Waals surface area contributed by atoms with Gasteiger partial charge in [0.1, 0.15) is 11.8 Å². The van der Waals surface area contributed by atoms with Crippen LogP contribution in [0.25, 0.3) is 0 Å². The number of benzene rings is 2. The van der Waals surface area contributed by atoms with Gasteiger partial charge in [-0.1, -0.05) is 12.1 Å². The number of hydrogen-bond acceptors (Lipinski definition) is 5. The van der Waals surface area contributed by atoms with E-state index in [1.165, 1.54) is 4.90 Å². The fraction of sp³-hybridized carbons (Fsp3) is 0.300. The zero-order valence-electron chi connectivity index (χ0n) is 15.2. The van der Waals surface area contributed by atoms with Gasteiger partial charge in [-0.25, -0.2) is 0 Å². The lowest BCUT2D eigenvalue weighted by molar-refractivity contribution is -0.127. The van der Waals surface area contributed by atoms with Crippen LogP contribution in [0.3, 0.4) is 0 Å². The number of nitrogens with zero attached hydrogens (tertiary/aromatic N) is 1. The van der Waals surface area contributed by atoms with Gasteiger partial charge < -0.3 is 19.5 Å². The number of hydrogen-bond donors (Lipinski definition) is 1. The van der Waals surface area contributed by atoms with Gasteiger partial charge in [0.15, 0.2) is 18.1 Å². The first kappa shape index (κ1) is 17.2. The van der Waals surface area contributed by atoms with E-state index < -0.39 is 6.04 Å². The monoisotopic (exact) mass is 368 g/mol. The van der Waals surface area contributed by atoms with Gasteiger partial charge in [-0.2, -0.15) is 0 Å². The van der Waals surface area contributed by atoms with Gasteiger partial charge in [0.2, 0.25) is 12.7 Å². The second-order valence-corrected chi connectivity index (χ2v) is 6.60. The molecular formula is C20H20N2O5. The highest BCUT2D eigenvalue weighted by atomic mass is 16.7. The summed E-state index contributed by atoms with van der Waals surface area (Å²) in [5.41, 5.74) is 2.51. The number of amides is 2. The lowest BCUT2D eigenvalue weighted by Gasteiger charge is -2.33. The third-order valence-electron chi connectivity index (χ3n) is 4.66. The van der Waals surface area contributed by atoms with Crippen molar-refractivity contribution in [2.24, 2.45) is 0 Å². The quantitative estimate of drug-likeness (QED) is 0.895. The molecule has 27 heavy (non-hydrogen) atoms. The predicted octanol–water partition coefficient (Wildman–Crippen LogP) is 2.15. The van der Waals surface area contributed by atoms with Crippen molar-refractivity contribution >= 4 is 17.5 Å². The average Bonchev–Trinajstić information content (AvgIpc) is 3.13. The Hall–Kier alpha value is -3.22. The van der Waals surface area contributed by atoms with Crippen LogP contribution in [0.15, 0.2) is 36.4 Å². The summed E-state index contributed by atoms with van der Waals surface area (Å²) >= 11 is 0. The van der Waals surface area contributed by atoms with E-state index in [2.05, 4.69) is 5.32 Å². The molecule has 2 amide bonds. The van der Waals surface area contributed by atoms with Crippen LogP contribution in [-0.4, -0.2) is 31.3 Å². The molecule has 0 spiro atoms. The second kappa shape index (κ2) is 6.83. The molecule has 2 aliphatic heterocycles. The van der Waals surface area contributed by atoms with E-state index in [4.69, 9.17) is 14.2 Å². The largest absolute Gasteiger partial charge is 0.482 e. The summed E-state index contributed by atoms with van der Waals surface area (Å²) in [7, 11) is 0. The first-order chi connectivity index (χ1) is 13.0. The van der Waals surface area contributed by atoms with E-state index in [1.807, 2.05) is 43.3 Å². The lowest BCUT2D eigenvalue weighted by atomic mass is 10.1. The number of rotatable bonds is 4. The zero-order chi connectivity index (χ0) is 19.0. The molecule has 1 N–H and O–H groups in total. The van der Waals surface area contributed by atoms with Gasteiger partial charge in [0, 0.05) is 6.54 Å². The molecule has 2 aromatic carbocycles. The Morgan fingerprint density at radius 2 is 1.89 bits per heavy atom. The molecule has 0 unspecified atom stereocenters. The molecule has 0 radical (unpaired) electrons. The highest BCUT2D eigenvalue weighted by molar-refractivity contribution is 6.03. The van der Waals surface area contributed by atoms with Crippen molar-refractivity contribution < 1.29 is 23.8 Å². The van der Waals surface area contributed by atoms with E-state index in [0.717, 1.165) is 11.1 Å². The van der Waals surface area contributed by atoms with Crippen LogP contribution >= 0.6 is 0 Å². The molecule has 2 aliphatic rings. The molecule has 2 aromatic rings. The summed E-state index contributed by atoms with van der Waals surface area (Å²) in [6.07, 6.45) is 0. The molecule has 0 fully saturated rings. The van der Waals surface area contributed by atoms with Crippen LogP contribution in [0.4, 0.5) is 5.69 Å². The van der Waals surface area contributed by atoms with Gasteiger partial charge in [0.05, 0.1) is 5.69 Å². The Bertz CT molecular complexity index is 911. The summed E-state index contributed by atoms with van der Waals surface area (Å²) in [6.45, 7) is 4.11. The number of carbonyl (C=O) groups excluding carboxylic acids is 2. The molecule has 0 saturated carbocycles. The number of nitrogens with one attached hydrogen (secondary N) is 1. The van der Waals surface area contributed by atoms with E-state index in [0.29, 0.717) is 29.5 Å². The minimum absolute atomic E-state index is 0.0736. The molecule has 140 valence electrons. The van der Waals surface area contributed by atoms with Crippen LogP contribution in [0.5, 0.6) is 17.2 Å². The lowest BCUT2D eigenvalue weighted by Crippen LogP contribution is -2.51. The first-order valence-corrected chi connectivity index (χ1v) is 8.74. The van der Waals surface area contributed by atoms with Crippen molar-refractivity contribution in [3.8, 4) is 17.2 Å². The van der Waals surface area contributed by atoms with Crippen LogP contribution in [0.2, 0.25) is 0 Å². The number of carbonyl (C=O) groups is 2. The maximum Gasteiger partial charge on any atom is 0.265 e. The van der Waals surface area contributed by atoms with Gasteiger partial charge in [-0.15, -0.1) is 0 Å². The molecular weight excluding hydrogens is 348 g/mol. The summed E-state index contributed by atoms with van der Waals surface area (Å²) in [5.74, 6) is 1.50. The highest BCUT2D eigenvalue weighted by Crippen LogP contribution is 2.34. The molecule has 0 aromatic heterocycles. The summed E-state index contributed by atoms with van der Waals surface area (Å²) in [6, 6.07) is 10.5. The smallest absolute Gasteiger partial charge is 0.265 e. The highest BCUT2D eigenvalue weighted by Gasteiger charge is 2.33. The SMILES string of the molecule is Cc1ccc2c(c1)N([C@H](C)C(=O)NCc1ccc3c(c1)OCO3)C(=O)CO2. The molecule has 7 heteroatoms. The molecule has 7 nitrogen and oxygen atoms in total.